The third-order valence-corrected chi connectivity index (χ3v) is 5.43. The van der Waals surface area contributed by atoms with Crippen LogP contribution in [0.5, 0.6) is 5.75 Å². The maximum absolute atomic E-state index is 13.9. The van der Waals surface area contributed by atoms with Crippen molar-refractivity contribution in [1.82, 2.24) is 29.3 Å². The second kappa shape index (κ2) is 8.37. The third-order valence-electron chi connectivity index (χ3n) is 5.43. The summed E-state index contributed by atoms with van der Waals surface area (Å²) in [7, 11) is 4.95. The Morgan fingerprint density at radius 3 is 2.62 bits per heavy atom. The van der Waals surface area contributed by atoms with Crippen molar-refractivity contribution >= 4 is 11.6 Å². The summed E-state index contributed by atoms with van der Waals surface area (Å²) in [5.41, 5.74) is 2.46. The van der Waals surface area contributed by atoms with Gasteiger partial charge in [0.2, 0.25) is 0 Å². The number of aryl methyl sites for hydroxylation is 1. The van der Waals surface area contributed by atoms with Crippen LogP contribution in [0.4, 0.5) is 8.78 Å². The predicted molar refractivity (Wildman–Crippen MR) is 114 cm³/mol. The second-order valence-corrected chi connectivity index (χ2v) is 7.40. The van der Waals surface area contributed by atoms with Crippen LogP contribution in [0.3, 0.4) is 0 Å². The molecule has 1 amide bonds. The number of fused-ring (bicyclic) bond motifs is 1. The monoisotopic (exact) mass is 440 g/mol. The zero-order valence-corrected chi connectivity index (χ0v) is 18.1. The molecule has 166 valence electrons. The predicted octanol–water partition coefficient (Wildman–Crippen LogP) is 3.66. The van der Waals surface area contributed by atoms with Crippen molar-refractivity contribution in [1.29, 1.82) is 0 Å². The van der Waals surface area contributed by atoms with Gasteiger partial charge in [-0.25, -0.2) is 18.3 Å². The van der Waals surface area contributed by atoms with Crippen molar-refractivity contribution in [2.45, 2.75) is 19.9 Å². The largest absolute Gasteiger partial charge is 0.496 e. The Morgan fingerprint density at radius 1 is 1.22 bits per heavy atom. The van der Waals surface area contributed by atoms with Gasteiger partial charge in [0, 0.05) is 37.5 Å². The van der Waals surface area contributed by atoms with Gasteiger partial charge >= 0.3 is 0 Å². The standard InChI is InChI=1S/C22H22F2N6O2/c1-13-14(10-25-29(13)3)12-28(2)22(31)16-11-26-30-18(20(23)24)9-17(27-21(16)30)15-7-5-6-8-19(15)32-4/h5-11,20H,12H2,1-4H3. The Bertz CT molecular complexity index is 1300. The van der Waals surface area contributed by atoms with Crippen LogP contribution in [-0.2, 0) is 13.6 Å². The molecule has 3 heterocycles. The van der Waals surface area contributed by atoms with Crippen LogP contribution in [0.25, 0.3) is 16.9 Å². The summed E-state index contributed by atoms with van der Waals surface area (Å²) in [5.74, 6) is 0.106. The van der Waals surface area contributed by atoms with E-state index in [0.29, 0.717) is 17.9 Å². The van der Waals surface area contributed by atoms with Crippen LogP contribution in [-0.4, -0.2) is 49.3 Å². The highest BCUT2D eigenvalue weighted by molar-refractivity contribution is 5.99. The minimum Gasteiger partial charge on any atom is -0.496 e. The molecule has 0 aliphatic carbocycles. The number of amides is 1. The molecule has 0 aliphatic heterocycles. The van der Waals surface area contributed by atoms with E-state index in [1.165, 1.54) is 24.3 Å². The van der Waals surface area contributed by atoms with Gasteiger partial charge in [-0.3, -0.25) is 9.48 Å². The van der Waals surface area contributed by atoms with Gasteiger partial charge in [0.05, 0.1) is 25.2 Å². The third kappa shape index (κ3) is 3.68. The smallest absolute Gasteiger partial charge is 0.280 e. The van der Waals surface area contributed by atoms with Crippen molar-refractivity contribution in [3.63, 3.8) is 0 Å². The van der Waals surface area contributed by atoms with E-state index >= 15 is 0 Å². The van der Waals surface area contributed by atoms with Crippen molar-refractivity contribution in [3.8, 4) is 17.0 Å². The Morgan fingerprint density at radius 2 is 1.97 bits per heavy atom. The molecule has 0 saturated heterocycles. The molecule has 4 aromatic rings. The zero-order valence-electron chi connectivity index (χ0n) is 18.1. The molecule has 0 atom stereocenters. The van der Waals surface area contributed by atoms with E-state index in [9.17, 15) is 13.6 Å². The summed E-state index contributed by atoms with van der Waals surface area (Å²) in [6.45, 7) is 2.22. The van der Waals surface area contributed by atoms with Gasteiger partial charge in [-0.05, 0) is 25.1 Å². The molecule has 0 N–H and O–H groups in total. The number of ether oxygens (including phenoxy) is 1. The molecule has 0 unspecified atom stereocenters. The fourth-order valence-electron chi connectivity index (χ4n) is 3.52. The number of alkyl halides is 2. The fraction of sp³-hybridized carbons (Fsp3) is 0.273. The number of nitrogens with zero attached hydrogens (tertiary/aromatic N) is 6. The summed E-state index contributed by atoms with van der Waals surface area (Å²) < 4.78 is 35.8. The molecule has 4 rings (SSSR count). The first-order valence-corrected chi connectivity index (χ1v) is 9.85. The van der Waals surface area contributed by atoms with Gasteiger partial charge in [0.25, 0.3) is 12.3 Å². The first-order valence-electron chi connectivity index (χ1n) is 9.85. The first kappa shape index (κ1) is 21.4. The number of carbonyl (C=O) groups is 1. The summed E-state index contributed by atoms with van der Waals surface area (Å²) in [5, 5.41) is 8.22. The number of aromatic nitrogens is 5. The molecular formula is C22H22F2N6O2. The molecule has 32 heavy (non-hydrogen) atoms. The van der Waals surface area contributed by atoms with Gasteiger partial charge in [-0.2, -0.15) is 10.2 Å². The topological polar surface area (TPSA) is 77.5 Å². The molecule has 8 nitrogen and oxygen atoms in total. The van der Waals surface area contributed by atoms with E-state index in [4.69, 9.17) is 4.74 Å². The van der Waals surface area contributed by atoms with Crippen molar-refractivity contribution in [2.75, 3.05) is 14.2 Å². The average molecular weight is 440 g/mol. The summed E-state index contributed by atoms with van der Waals surface area (Å²) in [6, 6.07) is 8.24. The van der Waals surface area contributed by atoms with Crippen LogP contribution < -0.4 is 4.74 Å². The molecule has 10 heteroatoms. The number of para-hydroxylation sites is 1. The minimum absolute atomic E-state index is 0.0588. The Kier molecular flexibility index (Phi) is 5.60. The van der Waals surface area contributed by atoms with Crippen molar-refractivity contribution < 1.29 is 18.3 Å². The summed E-state index contributed by atoms with van der Waals surface area (Å²) >= 11 is 0. The molecule has 0 radical (unpaired) electrons. The van der Waals surface area contributed by atoms with E-state index < -0.39 is 6.43 Å². The van der Waals surface area contributed by atoms with Crippen LogP contribution in [0.2, 0.25) is 0 Å². The maximum Gasteiger partial charge on any atom is 0.280 e. The van der Waals surface area contributed by atoms with E-state index in [2.05, 4.69) is 15.2 Å². The number of carbonyl (C=O) groups excluding carboxylic acids is 1. The molecular weight excluding hydrogens is 418 g/mol. The van der Waals surface area contributed by atoms with Crippen molar-refractivity contribution in [2.24, 2.45) is 7.05 Å². The lowest BCUT2D eigenvalue weighted by Gasteiger charge is -2.16. The van der Waals surface area contributed by atoms with E-state index in [1.807, 2.05) is 14.0 Å². The van der Waals surface area contributed by atoms with Crippen molar-refractivity contribution in [3.05, 3.63) is 65.2 Å². The highest BCUT2D eigenvalue weighted by Crippen LogP contribution is 2.32. The molecule has 0 spiro atoms. The normalized spacial score (nSPS) is 11.3. The molecule has 0 fully saturated rings. The van der Waals surface area contributed by atoms with Gasteiger partial charge < -0.3 is 9.64 Å². The number of rotatable bonds is 6. The van der Waals surface area contributed by atoms with E-state index in [1.54, 1.807) is 42.2 Å². The lowest BCUT2D eigenvalue weighted by atomic mass is 10.1. The lowest BCUT2D eigenvalue weighted by molar-refractivity contribution is 0.0786. The van der Waals surface area contributed by atoms with Gasteiger partial charge in [-0.15, -0.1) is 0 Å². The Hall–Kier alpha value is -3.82. The summed E-state index contributed by atoms with van der Waals surface area (Å²) in [6.07, 6.45) is 0.157. The highest BCUT2D eigenvalue weighted by atomic mass is 19.3. The van der Waals surface area contributed by atoms with Gasteiger partial charge in [0.15, 0.2) is 5.65 Å². The Balaban J connectivity index is 1.79. The number of benzene rings is 1. The fourth-order valence-corrected chi connectivity index (χ4v) is 3.52. The molecule has 0 aliphatic rings. The second-order valence-electron chi connectivity index (χ2n) is 7.40. The number of hydrogen-bond donors (Lipinski definition) is 0. The SMILES string of the molecule is COc1ccccc1-c1cc(C(F)F)n2ncc(C(=O)N(C)Cc3cnn(C)c3C)c2n1. The first-order chi connectivity index (χ1) is 15.3. The van der Waals surface area contributed by atoms with Gasteiger partial charge in [-0.1, -0.05) is 12.1 Å². The number of halogens is 2. The van der Waals surface area contributed by atoms with Crippen LogP contribution in [0.15, 0.2) is 42.7 Å². The quantitative estimate of drug-likeness (QED) is 0.457. The lowest BCUT2D eigenvalue weighted by Crippen LogP contribution is -2.26. The van der Waals surface area contributed by atoms with E-state index in [-0.39, 0.29) is 28.5 Å². The molecule has 3 aromatic heterocycles. The Labute approximate surface area is 183 Å². The van der Waals surface area contributed by atoms with Crippen LogP contribution in [0.1, 0.15) is 33.7 Å². The van der Waals surface area contributed by atoms with Gasteiger partial charge in [0.1, 0.15) is 17.0 Å². The van der Waals surface area contributed by atoms with Crippen LogP contribution in [0, 0.1) is 6.92 Å². The van der Waals surface area contributed by atoms with Crippen LogP contribution >= 0.6 is 0 Å². The number of hydrogen-bond acceptors (Lipinski definition) is 5. The zero-order chi connectivity index (χ0) is 23.0. The summed E-state index contributed by atoms with van der Waals surface area (Å²) in [4.78, 5) is 19.2. The number of methoxy groups -OCH3 is 1. The molecule has 0 bridgehead atoms. The average Bonchev–Trinajstić information content (AvgIpc) is 3.36. The van der Waals surface area contributed by atoms with E-state index in [0.717, 1.165) is 15.8 Å². The molecule has 0 saturated carbocycles. The minimum atomic E-state index is -2.81. The molecule has 1 aromatic carbocycles. The maximum atomic E-state index is 13.9. The highest BCUT2D eigenvalue weighted by Gasteiger charge is 2.24.